The highest BCUT2D eigenvalue weighted by molar-refractivity contribution is 7.98. The second kappa shape index (κ2) is 7.26. The third-order valence-electron chi connectivity index (χ3n) is 2.13. The molecule has 84 valence electrons. The zero-order valence-electron chi connectivity index (χ0n) is 8.75. The number of para-hydroxylation sites is 1. The summed E-state index contributed by atoms with van der Waals surface area (Å²) in [6, 6.07) is 8.33. The van der Waals surface area contributed by atoms with E-state index in [1.54, 1.807) is 11.8 Å². The van der Waals surface area contributed by atoms with Crippen molar-refractivity contribution in [1.82, 2.24) is 0 Å². The van der Waals surface area contributed by atoms with Crippen molar-refractivity contribution in [2.24, 2.45) is 0 Å². The van der Waals surface area contributed by atoms with Crippen LogP contribution in [0.3, 0.4) is 0 Å². The van der Waals surface area contributed by atoms with Gasteiger partial charge in [-0.15, -0.1) is 35.0 Å². The molecule has 15 heavy (non-hydrogen) atoms. The number of hydrogen-bond acceptors (Lipinski definition) is 2. The Morgan fingerprint density at radius 3 is 2.27 bits per heavy atom. The Hall–Kier alpha value is -0.0500. The van der Waals surface area contributed by atoms with Gasteiger partial charge in [0.05, 0.1) is 5.69 Å². The van der Waals surface area contributed by atoms with Crippen molar-refractivity contribution in [3.63, 3.8) is 0 Å². The zero-order chi connectivity index (χ0) is 11.1. The summed E-state index contributed by atoms with van der Waals surface area (Å²) >= 11 is 13.3. The molecule has 1 nitrogen and oxygen atoms in total. The molecule has 1 aromatic carbocycles. The molecule has 0 unspecified atom stereocenters. The predicted molar refractivity (Wildman–Crippen MR) is 71.9 cm³/mol. The van der Waals surface area contributed by atoms with Crippen LogP contribution in [-0.4, -0.2) is 31.1 Å². The minimum Gasteiger partial charge on any atom is -0.368 e. The van der Waals surface area contributed by atoms with Gasteiger partial charge in [-0.2, -0.15) is 0 Å². The molecule has 0 fully saturated rings. The van der Waals surface area contributed by atoms with Crippen LogP contribution in [0.5, 0.6) is 0 Å². The zero-order valence-corrected chi connectivity index (χ0v) is 11.1. The molecule has 0 heterocycles. The quantitative estimate of drug-likeness (QED) is 0.569. The van der Waals surface area contributed by atoms with E-state index in [-0.39, 0.29) is 0 Å². The monoisotopic (exact) mass is 263 g/mol. The minimum absolute atomic E-state index is 0.625. The van der Waals surface area contributed by atoms with Crippen LogP contribution in [0.1, 0.15) is 0 Å². The Morgan fingerprint density at radius 2 is 1.73 bits per heavy atom. The van der Waals surface area contributed by atoms with Gasteiger partial charge in [-0.1, -0.05) is 12.1 Å². The normalized spacial score (nSPS) is 10.3. The number of hydrogen-bond donors (Lipinski definition) is 0. The molecule has 1 aromatic rings. The summed E-state index contributed by atoms with van der Waals surface area (Å²) in [5, 5.41) is 0. The summed E-state index contributed by atoms with van der Waals surface area (Å²) in [6.07, 6.45) is 2.08. The number of rotatable bonds is 6. The van der Waals surface area contributed by atoms with Gasteiger partial charge >= 0.3 is 0 Å². The van der Waals surface area contributed by atoms with Crippen LogP contribution in [0.2, 0.25) is 0 Å². The number of alkyl halides is 2. The molecule has 0 saturated carbocycles. The van der Waals surface area contributed by atoms with Crippen LogP contribution in [0.25, 0.3) is 0 Å². The average Bonchev–Trinajstić information content (AvgIpc) is 2.29. The molecule has 0 atom stereocenters. The summed E-state index contributed by atoms with van der Waals surface area (Å²) in [5.74, 6) is 1.25. The predicted octanol–water partition coefficient (Wildman–Crippen LogP) is 3.69. The van der Waals surface area contributed by atoms with E-state index in [1.807, 2.05) is 6.07 Å². The van der Waals surface area contributed by atoms with Gasteiger partial charge in [0.1, 0.15) is 0 Å². The molecule has 0 N–H and O–H groups in total. The maximum absolute atomic E-state index is 5.79. The fourth-order valence-corrected chi connectivity index (χ4v) is 2.48. The molecule has 1 rings (SSSR count). The Labute approximate surface area is 106 Å². The Morgan fingerprint density at radius 1 is 1.13 bits per heavy atom. The van der Waals surface area contributed by atoms with Crippen LogP contribution in [0, 0.1) is 0 Å². The average molecular weight is 264 g/mol. The molecule has 0 aromatic heterocycles. The Kier molecular flexibility index (Phi) is 6.30. The fourth-order valence-electron chi connectivity index (χ4n) is 1.45. The molecule has 0 spiro atoms. The van der Waals surface area contributed by atoms with Crippen LogP contribution in [0.15, 0.2) is 29.2 Å². The van der Waals surface area contributed by atoms with Gasteiger partial charge in [0.25, 0.3) is 0 Å². The van der Waals surface area contributed by atoms with Gasteiger partial charge in [0.15, 0.2) is 0 Å². The lowest BCUT2D eigenvalue weighted by Gasteiger charge is -2.24. The molecule has 0 radical (unpaired) electrons. The summed E-state index contributed by atoms with van der Waals surface area (Å²) < 4.78 is 0. The van der Waals surface area contributed by atoms with Crippen LogP contribution in [-0.2, 0) is 0 Å². The first-order valence-electron chi connectivity index (χ1n) is 4.83. The maximum Gasteiger partial charge on any atom is 0.0505 e. The topological polar surface area (TPSA) is 3.24 Å². The highest BCUT2D eigenvalue weighted by atomic mass is 35.5. The highest BCUT2D eigenvalue weighted by Crippen LogP contribution is 2.28. The standard InChI is InChI=1S/C11H15Cl2NS/c1-15-11-5-3-2-4-10(11)14(8-6-12)9-7-13/h2-5H,6-9H2,1H3. The minimum atomic E-state index is 0.625. The SMILES string of the molecule is CSc1ccccc1N(CCCl)CCCl. The van der Waals surface area contributed by atoms with E-state index in [0.717, 1.165) is 13.1 Å². The molecule has 4 heteroatoms. The molecular formula is C11H15Cl2NS. The van der Waals surface area contributed by atoms with Crippen molar-refractivity contribution >= 4 is 40.7 Å². The fraction of sp³-hybridized carbons (Fsp3) is 0.455. The first kappa shape index (κ1) is 13.0. The Bertz CT molecular complexity index is 288. The van der Waals surface area contributed by atoms with Gasteiger partial charge in [-0.25, -0.2) is 0 Å². The third kappa shape index (κ3) is 3.78. The molecular weight excluding hydrogens is 249 g/mol. The second-order valence-corrected chi connectivity index (χ2v) is 4.64. The first-order chi connectivity index (χ1) is 7.33. The van der Waals surface area contributed by atoms with Crippen molar-refractivity contribution in [3.8, 4) is 0 Å². The van der Waals surface area contributed by atoms with Crippen LogP contribution in [0.4, 0.5) is 5.69 Å². The van der Waals surface area contributed by atoms with E-state index in [9.17, 15) is 0 Å². The molecule has 0 aliphatic heterocycles. The smallest absolute Gasteiger partial charge is 0.0505 e. The van der Waals surface area contributed by atoms with Gasteiger partial charge < -0.3 is 4.90 Å². The van der Waals surface area contributed by atoms with E-state index >= 15 is 0 Å². The van der Waals surface area contributed by atoms with Gasteiger partial charge in [0.2, 0.25) is 0 Å². The highest BCUT2D eigenvalue weighted by Gasteiger charge is 2.08. The number of anilines is 1. The summed E-state index contributed by atoms with van der Waals surface area (Å²) in [4.78, 5) is 3.50. The molecule has 0 saturated heterocycles. The van der Waals surface area contributed by atoms with E-state index in [0.29, 0.717) is 11.8 Å². The van der Waals surface area contributed by atoms with Gasteiger partial charge in [0, 0.05) is 29.7 Å². The lowest BCUT2D eigenvalue weighted by Crippen LogP contribution is -2.27. The summed E-state index contributed by atoms with van der Waals surface area (Å²) in [7, 11) is 0. The lowest BCUT2D eigenvalue weighted by atomic mass is 10.3. The third-order valence-corrected chi connectivity index (χ3v) is 3.26. The molecule has 0 aliphatic carbocycles. The largest absolute Gasteiger partial charge is 0.368 e. The second-order valence-electron chi connectivity index (χ2n) is 3.04. The number of nitrogens with zero attached hydrogens (tertiary/aromatic N) is 1. The summed E-state index contributed by atoms with van der Waals surface area (Å²) in [5.41, 5.74) is 1.23. The lowest BCUT2D eigenvalue weighted by molar-refractivity contribution is 0.863. The maximum atomic E-state index is 5.79. The van der Waals surface area contributed by atoms with E-state index in [4.69, 9.17) is 23.2 Å². The number of halogens is 2. The Balaban J connectivity index is 2.88. The van der Waals surface area contributed by atoms with Crippen LogP contribution >= 0.6 is 35.0 Å². The molecule has 0 amide bonds. The first-order valence-corrected chi connectivity index (χ1v) is 7.12. The van der Waals surface area contributed by atoms with Crippen molar-refractivity contribution in [2.45, 2.75) is 4.90 Å². The van der Waals surface area contributed by atoms with E-state index in [1.165, 1.54) is 10.6 Å². The van der Waals surface area contributed by atoms with Crippen LogP contribution < -0.4 is 4.90 Å². The van der Waals surface area contributed by atoms with Crippen molar-refractivity contribution in [2.75, 3.05) is 36.0 Å². The molecule has 0 bridgehead atoms. The van der Waals surface area contributed by atoms with E-state index in [2.05, 4.69) is 29.4 Å². The summed E-state index contributed by atoms with van der Waals surface area (Å²) in [6.45, 7) is 1.68. The number of thioether (sulfide) groups is 1. The van der Waals surface area contributed by atoms with Gasteiger partial charge in [-0.3, -0.25) is 0 Å². The van der Waals surface area contributed by atoms with Gasteiger partial charge in [-0.05, 0) is 18.4 Å². The van der Waals surface area contributed by atoms with Crippen molar-refractivity contribution < 1.29 is 0 Å². The molecule has 0 aliphatic rings. The van der Waals surface area contributed by atoms with Crippen molar-refractivity contribution in [1.29, 1.82) is 0 Å². The van der Waals surface area contributed by atoms with Crippen molar-refractivity contribution in [3.05, 3.63) is 24.3 Å². The number of benzene rings is 1. The van der Waals surface area contributed by atoms with E-state index < -0.39 is 0 Å².